The lowest BCUT2D eigenvalue weighted by atomic mass is 9.66. The van der Waals surface area contributed by atoms with Crippen molar-refractivity contribution >= 4 is 0 Å². The van der Waals surface area contributed by atoms with E-state index in [1.165, 1.54) is 0 Å². The average molecular weight is 411 g/mol. The Morgan fingerprint density at radius 1 is 0.643 bits per heavy atom. The molecule has 12 N–H and O–H groups in total. The van der Waals surface area contributed by atoms with Gasteiger partial charge in [-0.3, -0.25) is 0 Å². The molecule has 0 radical (unpaired) electrons. The summed E-state index contributed by atoms with van der Waals surface area (Å²) in [5, 5.41) is 50.4. The zero-order chi connectivity index (χ0) is 22.5. The molecule has 0 aliphatic heterocycles. The van der Waals surface area contributed by atoms with Crippen molar-refractivity contribution in [3.05, 3.63) is 0 Å². The summed E-state index contributed by atoms with van der Waals surface area (Å²) in [4.78, 5) is 0. The Labute approximate surface area is 170 Å². The van der Waals surface area contributed by atoms with Gasteiger partial charge in [-0.25, -0.2) is 0 Å². The van der Waals surface area contributed by atoms with Gasteiger partial charge >= 0.3 is 0 Å². The van der Waals surface area contributed by atoms with E-state index in [1.54, 1.807) is 34.6 Å². The predicted molar refractivity (Wildman–Crippen MR) is 113 cm³/mol. The van der Waals surface area contributed by atoms with Crippen molar-refractivity contribution < 1.29 is 25.5 Å². The molecule has 0 fully saturated rings. The minimum Gasteiger partial charge on any atom is -0.393 e. The highest BCUT2D eigenvalue weighted by Gasteiger charge is 2.48. The third kappa shape index (κ3) is 13.8. The molecule has 0 bridgehead atoms. The first-order valence-corrected chi connectivity index (χ1v) is 10.1. The van der Waals surface area contributed by atoms with Crippen LogP contribution >= 0.6 is 0 Å². The highest BCUT2D eigenvalue weighted by Crippen LogP contribution is 2.35. The normalized spacial score (nSPS) is 21.3. The molecule has 5 atom stereocenters. The van der Waals surface area contributed by atoms with Crippen molar-refractivity contribution in [1.82, 2.24) is 5.32 Å². The highest BCUT2D eigenvalue weighted by molar-refractivity contribution is 5.09. The standard InChI is InChI=1S/C14H32N2O4.C5H14N2O/c1-9(17)5-13(15,6-10(2)18)14(16,7-11(3)19)8-12(4)20;1-5(8)4-7-3-2-6/h9-12,17-20H,5-8,15-16H2,1-4H3;5,7-8H,2-4,6H2,1H3. The Hall–Kier alpha value is -0.360. The number of aliphatic hydroxyl groups is 5. The summed E-state index contributed by atoms with van der Waals surface area (Å²) in [6.45, 7) is 10.2. The van der Waals surface area contributed by atoms with E-state index >= 15 is 0 Å². The van der Waals surface area contributed by atoms with Crippen LogP contribution in [0, 0.1) is 0 Å². The number of hydrogen-bond donors (Lipinski definition) is 9. The molecule has 0 aliphatic carbocycles. The Balaban J connectivity index is 0. The summed E-state index contributed by atoms with van der Waals surface area (Å²) in [6, 6.07) is 0. The highest BCUT2D eigenvalue weighted by atomic mass is 16.3. The molecule has 0 heterocycles. The number of rotatable bonds is 13. The zero-order valence-electron chi connectivity index (χ0n) is 18.3. The van der Waals surface area contributed by atoms with Crippen molar-refractivity contribution in [3.63, 3.8) is 0 Å². The van der Waals surface area contributed by atoms with Gasteiger partial charge in [-0.05, 0) is 60.3 Å². The van der Waals surface area contributed by atoms with Gasteiger partial charge in [-0.1, -0.05) is 0 Å². The third-order valence-corrected chi connectivity index (χ3v) is 4.39. The Bertz CT molecular complexity index is 331. The monoisotopic (exact) mass is 410 g/mol. The largest absolute Gasteiger partial charge is 0.393 e. The van der Waals surface area contributed by atoms with Crippen LogP contribution in [0.25, 0.3) is 0 Å². The molecule has 0 spiro atoms. The number of aliphatic hydroxyl groups excluding tert-OH is 5. The van der Waals surface area contributed by atoms with Crippen molar-refractivity contribution in [1.29, 1.82) is 0 Å². The molecule has 172 valence electrons. The van der Waals surface area contributed by atoms with Gasteiger partial charge in [0.2, 0.25) is 0 Å². The maximum atomic E-state index is 9.69. The van der Waals surface area contributed by atoms with Crippen LogP contribution in [0.4, 0.5) is 0 Å². The van der Waals surface area contributed by atoms with Crippen LogP contribution in [0.3, 0.4) is 0 Å². The van der Waals surface area contributed by atoms with Crippen LogP contribution in [0.15, 0.2) is 0 Å². The predicted octanol–water partition coefficient (Wildman–Crippen LogP) is -1.62. The summed E-state index contributed by atoms with van der Waals surface area (Å²) < 4.78 is 0. The molecule has 0 amide bonds. The lowest BCUT2D eigenvalue weighted by molar-refractivity contribution is 0.0133. The maximum absolute atomic E-state index is 9.69. The van der Waals surface area contributed by atoms with Crippen LogP contribution in [0.5, 0.6) is 0 Å². The second-order valence-corrected chi connectivity index (χ2v) is 8.37. The number of hydrogen-bond acceptors (Lipinski definition) is 9. The van der Waals surface area contributed by atoms with E-state index in [9.17, 15) is 20.4 Å². The topological polar surface area (TPSA) is 191 Å². The van der Waals surface area contributed by atoms with Gasteiger partial charge in [0.05, 0.1) is 30.5 Å². The van der Waals surface area contributed by atoms with E-state index in [-0.39, 0.29) is 31.8 Å². The Morgan fingerprint density at radius 3 is 1.11 bits per heavy atom. The van der Waals surface area contributed by atoms with Crippen molar-refractivity contribution in [2.45, 2.75) is 102 Å². The fourth-order valence-electron chi connectivity index (χ4n) is 3.50. The van der Waals surface area contributed by atoms with E-state index < -0.39 is 35.5 Å². The molecule has 9 nitrogen and oxygen atoms in total. The zero-order valence-corrected chi connectivity index (χ0v) is 18.3. The van der Waals surface area contributed by atoms with Gasteiger partial charge in [0.15, 0.2) is 0 Å². The number of nitrogens with one attached hydrogen (secondary N) is 1. The molecule has 0 saturated carbocycles. The van der Waals surface area contributed by atoms with E-state index in [0.29, 0.717) is 13.1 Å². The molecule has 0 aromatic heterocycles. The molecule has 0 rings (SSSR count). The summed E-state index contributed by atoms with van der Waals surface area (Å²) in [5.74, 6) is 0. The molecule has 0 saturated heterocycles. The van der Waals surface area contributed by atoms with Gasteiger partial charge in [0.25, 0.3) is 0 Å². The second kappa shape index (κ2) is 14.6. The van der Waals surface area contributed by atoms with E-state index in [4.69, 9.17) is 22.3 Å². The van der Waals surface area contributed by atoms with Gasteiger partial charge in [-0.2, -0.15) is 0 Å². The lowest BCUT2D eigenvalue weighted by Crippen LogP contribution is -2.69. The molecule has 5 unspecified atom stereocenters. The van der Waals surface area contributed by atoms with Crippen molar-refractivity contribution in [3.8, 4) is 0 Å². The second-order valence-electron chi connectivity index (χ2n) is 8.37. The van der Waals surface area contributed by atoms with Gasteiger partial charge < -0.3 is 48.1 Å². The molecule has 0 aromatic carbocycles. The van der Waals surface area contributed by atoms with Crippen LogP contribution in [0.1, 0.15) is 60.3 Å². The summed E-state index contributed by atoms with van der Waals surface area (Å²) in [7, 11) is 0. The third-order valence-electron chi connectivity index (χ3n) is 4.39. The van der Waals surface area contributed by atoms with Gasteiger partial charge in [0.1, 0.15) is 0 Å². The van der Waals surface area contributed by atoms with E-state index in [2.05, 4.69) is 5.32 Å². The van der Waals surface area contributed by atoms with Crippen LogP contribution in [0.2, 0.25) is 0 Å². The van der Waals surface area contributed by atoms with Gasteiger partial charge in [0, 0.05) is 30.7 Å². The Kier molecular flexibility index (Phi) is 15.6. The van der Waals surface area contributed by atoms with Crippen molar-refractivity contribution in [2.75, 3.05) is 19.6 Å². The van der Waals surface area contributed by atoms with Crippen LogP contribution < -0.4 is 22.5 Å². The fraction of sp³-hybridized carbons (Fsp3) is 1.00. The van der Waals surface area contributed by atoms with E-state index in [1.807, 2.05) is 0 Å². The summed E-state index contributed by atoms with van der Waals surface area (Å²) in [5.41, 5.74) is 15.8. The molecular weight excluding hydrogens is 364 g/mol. The maximum Gasteiger partial charge on any atom is 0.0636 e. The van der Waals surface area contributed by atoms with Gasteiger partial charge in [-0.15, -0.1) is 0 Å². The smallest absolute Gasteiger partial charge is 0.0636 e. The summed E-state index contributed by atoms with van der Waals surface area (Å²) >= 11 is 0. The molecule has 28 heavy (non-hydrogen) atoms. The quantitative estimate of drug-likeness (QED) is 0.160. The summed E-state index contributed by atoms with van der Waals surface area (Å²) in [6.07, 6.45) is -2.27. The van der Waals surface area contributed by atoms with Crippen molar-refractivity contribution in [2.24, 2.45) is 17.2 Å². The minimum absolute atomic E-state index is 0.188. The molecule has 0 aliphatic rings. The van der Waals surface area contributed by atoms with E-state index in [0.717, 1.165) is 6.54 Å². The fourth-order valence-corrected chi connectivity index (χ4v) is 3.50. The molecular formula is C19H46N4O5. The number of nitrogens with two attached hydrogens (primary N) is 3. The van der Waals surface area contributed by atoms with Crippen LogP contribution in [-0.2, 0) is 0 Å². The Morgan fingerprint density at radius 2 is 0.929 bits per heavy atom. The molecule has 9 heteroatoms. The SMILES string of the molecule is CC(O)CC(N)(CC(C)O)C(N)(CC(C)O)CC(C)O.CC(O)CNCCN. The lowest BCUT2D eigenvalue weighted by Gasteiger charge is -2.49. The minimum atomic E-state index is -1.08. The van der Waals surface area contributed by atoms with Crippen LogP contribution in [-0.4, -0.2) is 86.8 Å². The molecule has 0 aromatic rings. The first-order valence-electron chi connectivity index (χ1n) is 10.1. The first kappa shape index (κ1) is 29.8. The first-order chi connectivity index (χ1) is 12.7. The average Bonchev–Trinajstić information content (AvgIpc) is 2.44.